The Morgan fingerprint density at radius 3 is 2.85 bits per heavy atom. The lowest BCUT2D eigenvalue weighted by atomic mass is 10.0. The third-order valence-corrected chi connectivity index (χ3v) is 3.69. The first-order chi connectivity index (χ1) is 9.63. The van der Waals surface area contributed by atoms with Crippen LogP contribution in [0.1, 0.15) is 15.9 Å². The first-order valence-electron chi connectivity index (χ1n) is 6.18. The minimum atomic E-state index is -0.321. The Morgan fingerprint density at radius 2 is 2.05 bits per heavy atom. The maximum Gasteiger partial charge on any atom is 0.169 e. The summed E-state index contributed by atoms with van der Waals surface area (Å²) >= 11 is 3.39. The number of carbonyl (C=O) groups is 1. The summed E-state index contributed by atoms with van der Waals surface area (Å²) in [5, 5.41) is 0.884. The largest absolute Gasteiger partial charge is 0.360 e. The number of ketones is 1. The van der Waals surface area contributed by atoms with E-state index < -0.39 is 0 Å². The van der Waals surface area contributed by atoms with Crippen LogP contribution in [0.3, 0.4) is 0 Å². The second kappa shape index (κ2) is 5.21. The van der Waals surface area contributed by atoms with Crippen molar-refractivity contribution in [2.75, 3.05) is 0 Å². The number of aromatic amines is 1. The summed E-state index contributed by atoms with van der Waals surface area (Å²) < 4.78 is 14.1. The van der Waals surface area contributed by atoms with E-state index in [9.17, 15) is 9.18 Å². The minimum absolute atomic E-state index is 0.0239. The standard InChI is InChI=1S/C16H11BrFNO/c17-11-4-5-13-14(9-19-15(13)8-11)16(20)7-10-2-1-3-12(18)6-10/h1-6,8-9,19H,7H2. The Kier molecular flexibility index (Phi) is 3.40. The molecule has 0 atom stereocenters. The summed E-state index contributed by atoms with van der Waals surface area (Å²) in [5.74, 6) is -0.345. The van der Waals surface area contributed by atoms with Crippen LogP contribution in [0.5, 0.6) is 0 Å². The highest BCUT2D eigenvalue weighted by Crippen LogP contribution is 2.23. The zero-order chi connectivity index (χ0) is 14.1. The van der Waals surface area contributed by atoms with Crippen LogP contribution in [-0.2, 0) is 6.42 Å². The van der Waals surface area contributed by atoms with E-state index in [2.05, 4.69) is 20.9 Å². The van der Waals surface area contributed by atoms with Crippen molar-refractivity contribution in [2.45, 2.75) is 6.42 Å². The molecule has 0 saturated heterocycles. The number of hydrogen-bond acceptors (Lipinski definition) is 1. The Hall–Kier alpha value is -1.94. The lowest BCUT2D eigenvalue weighted by Crippen LogP contribution is -2.02. The summed E-state index contributed by atoms with van der Waals surface area (Å²) in [7, 11) is 0. The highest BCUT2D eigenvalue weighted by atomic mass is 79.9. The molecule has 2 aromatic carbocycles. The summed E-state index contributed by atoms with van der Waals surface area (Å²) in [6.07, 6.45) is 1.90. The van der Waals surface area contributed by atoms with Crippen molar-refractivity contribution in [2.24, 2.45) is 0 Å². The van der Waals surface area contributed by atoms with Gasteiger partial charge >= 0.3 is 0 Å². The van der Waals surface area contributed by atoms with Gasteiger partial charge in [-0.15, -0.1) is 0 Å². The molecular weight excluding hydrogens is 321 g/mol. The number of carbonyl (C=O) groups excluding carboxylic acids is 1. The minimum Gasteiger partial charge on any atom is -0.360 e. The van der Waals surface area contributed by atoms with Gasteiger partial charge in [-0.25, -0.2) is 4.39 Å². The van der Waals surface area contributed by atoms with E-state index in [1.165, 1.54) is 12.1 Å². The van der Waals surface area contributed by atoms with Gasteiger partial charge in [0.1, 0.15) is 5.82 Å². The normalized spacial score (nSPS) is 10.9. The summed E-state index contributed by atoms with van der Waals surface area (Å²) in [4.78, 5) is 15.4. The fourth-order valence-electron chi connectivity index (χ4n) is 2.26. The fourth-order valence-corrected chi connectivity index (χ4v) is 2.62. The molecular formula is C16H11BrFNO. The molecule has 0 bridgehead atoms. The lowest BCUT2D eigenvalue weighted by molar-refractivity contribution is 0.0994. The van der Waals surface area contributed by atoms with E-state index in [1.54, 1.807) is 18.3 Å². The summed E-state index contributed by atoms with van der Waals surface area (Å²) in [6, 6.07) is 11.9. The van der Waals surface area contributed by atoms with Crippen LogP contribution in [-0.4, -0.2) is 10.8 Å². The number of fused-ring (bicyclic) bond motifs is 1. The van der Waals surface area contributed by atoms with Gasteiger partial charge in [-0.2, -0.15) is 0 Å². The van der Waals surface area contributed by atoms with Gasteiger partial charge in [-0.3, -0.25) is 4.79 Å². The molecule has 0 amide bonds. The SMILES string of the molecule is O=C(Cc1cccc(F)c1)c1c[nH]c2cc(Br)ccc12. The quantitative estimate of drug-likeness (QED) is 0.704. The van der Waals surface area contributed by atoms with Gasteiger partial charge in [-0.1, -0.05) is 34.1 Å². The number of hydrogen-bond donors (Lipinski definition) is 1. The molecule has 0 aliphatic rings. The Balaban J connectivity index is 1.93. The van der Waals surface area contributed by atoms with Gasteiger partial charge in [0.25, 0.3) is 0 Å². The number of aromatic nitrogens is 1. The molecule has 2 nitrogen and oxygen atoms in total. The number of benzene rings is 2. The molecule has 0 aliphatic heterocycles. The van der Waals surface area contributed by atoms with Gasteiger partial charge in [-0.05, 0) is 29.8 Å². The van der Waals surface area contributed by atoms with E-state index in [0.29, 0.717) is 11.1 Å². The van der Waals surface area contributed by atoms with Crippen molar-refractivity contribution in [3.63, 3.8) is 0 Å². The van der Waals surface area contributed by atoms with Crippen LogP contribution in [0, 0.1) is 5.82 Å². The Labute approximate surface area is 123 Å². The van der Waals surface area contributed by atoms with E-state index in [0.717, 1.165) is 15.4 Å². The third-order valence-electron chi connectivity index (χ3n) is 3.20. The van der Waals surface area contributed by atoms with Gasteiger partial charge in [0, 0.05) is 33.6 Å². The van der Waals surface area contributed by atoms with Crippen molar-refractivity contribution in [1.29, 1.82) is 0 Å². The molecule has 0 saturated carbocycles. The highest BCUT2D eigenvalue weighted by Gasteiger charge is 2.13. The Morgan fingerprint density at radius 1 is 1.20 bits per heavy atom. The monoisotopic (exact) mass is 331 g/mol. The van der Waals surface area contributed by atoms with Crippen molar-refractivity contribution in [3.05, 3.63) is 70.1 Å². The van der Waals surface area contributed by atoms with Crippen molar-refractivity contribution in [1.82, 2.24) is 4.98 Å². The van der Waals surface area contributed by atoms with Crippen molar-refractivity contribution in [3.8, 4) is 0 Å². The summed E-state index contributed by atoms with van der Waals surface area (Å²) in [5.41, 5.74) is 2.22. The van der Waals surface area contributed by atoms with Crippen LogP contribution in [0.2, 0.25) is 0 Å². The van der Waals surface area contributed by atoms with Crippen LogP contribution in [0.4, 0.5) is 4.39 Å². The van der Waals surface area contributed by atoms with Gasteiger partial charge < -0.3 is 4.98 Å². The fraction of sp³-hybridized carbons (Fsp3) is 0.0625. The first kappa shape index (κ1) is 13.1. The number of halogens is 2. The average molecular weight is 332 g/mol. The van der Waals surface area contributed by atoms with E-state index in [1.807, 2.05) is 18.2 Å². The predicted molar refractivity (Wildman–Crippen MR) is 80.4 cm³/mol. The first-order valence-corrected chi connectivity index (χ1v) is 6.97. The van der Waals surface area contributed by atoms with Crippen molar-refractivity contribution < 1.29 is 9.18 Å². The molecule has 0 unspecified atom stereocenters. The molecule has 1 N–H and O–H groups in total. The predicted octanol–water partition coefficient (Wildman–Crippen LogP) is 4.49. The molecule has 20 heavy (non-hydrogen) atoms. The number of Topliss-reactive ketones (excluding diaryl/α,β-unsaturated/α-hetero) is 1. The zero-order valence-corrected chi connectivity index (χ0v) is 12.1. The molecule has 100 valence electrons. The molecule has 1 heterocycles. The van der Waals surface area contributed by atoms with Crippen LogP contribution >= 0.6 is 15.9 Å². The lowest BCUT2D eigenvalue weighted by Gasteiger charge is -2.01. The maximum absolute atomic E-state index is 13.1. The second-order valence-corrected chi connectivity index (χ2v) is 5.54. The summed E-state index contributed by atoms with van der Waals surface area (Å²) in [6.45, 7) is 0. The number of H-pyrrole nitrogens is 1. The van der Waals surface area contributed by atoms with Gasteiger partial charge in [0.05, 0.1) is 0 Å². The van der Waals surface area contributed by atoms with E-state index in [4.69, 9.17) is 0 Å². The van der Waals surface area contributed by atoms with E-state index in [-0.39, 0.29) is 18.0 Å². The molecule has 0 fully saturated rings. The van der Waals surface area contributed by atoms with Crippen LogP contribution in [0.25, 0.3) is 10.9 Å². The molecule has 1 aromatic heterocycles. The number of rotatable bonds is 3. The molecule has 3 rings (SSSR count). The molecule has 4 heteroatoms. The molecule has 0 aliphatic carbocycles. The molecule has 3 aromatic rings. The second-order valence-electron chi connectivity index (χ2n) is 4.62. The smallest absolute Gasteiger partial charge is 0.169 e. The third kappa shape index (κ3) is 2.51. The van der Waals surface area contributed by atoms with Crippen molar-refractivity contribution >= 4 is 32.6 Å². The average Bonchev–Trinajstić information content (AvgIpc) is 2.81. The zero-order valence-electron chi connectivity index (χ0n) is 10.5. The topological polar surface area (TPSA) is 32.9 Å². The maximum atomic E-state index is 13.1. The number of nitrogens with one attached hydrogen (secondary N) is 1. The van der Waals surface area contributed by atoms with E-state index >= 15 is 0 Å². The molecule has 0 spiro atoms. The van der Waals surface area contributed by atoms with Gasteiger partial charge in [0.15, 0.2) is 5.78 Å². The van der Waals surface area contributed by atoms with Crippen LogP contribution < -0.4 is 0 Å². The Bertz CT molecular complexity index is 794. The molecule has 0 radical (unpaired) electrons. The van der Waals surface area contributed by atoms with Crippen LogP contribution in [0.15, 0.2) is 53.1 Å². The van der Waals surface area contributed by atoms with Gasteiger partial charge in [0.2, 0.25) is 0 Å². The highest BCUT2D eigenvalue weighted by molar-refractivity contribution is 9.10.